The van der Waals surface area contributed by atoms with E-state index in [0.717, 1.165) is 24.0 Å². The minimum atomic E-state index is -0.117. The maximum absolute atomic E-state index is 11.5. The summed E-state index contributed by atoms with van der Waals surface area (Å²) in [5.41, 5.74) is 7.58. The van der Waals surface area contributed by atoms with Crippen LogP contribution in [-0.2, 0) is 11.3 Å². The van der Waals surface area contributed by atoms with Gasteiger partial charge >= 0.3 is 0 Å². The van der Waals surface area contributed by atoms with Crippen LogP contribution >= 0.6 is 24.8 Å². The number of para-hydroxylation sites is 2. The average molecular weight is 333 g/mol. The Morgan fingerprint density at radius 3 is 2.81 bits per heavy atom. The fourth-order valence-corrected chi connectivity index (χ4v) is 1.93. The fraction of sp³-hybridized carbons (Fsp3) is 0.429. The predicted molar refractivity (Wildman–Crippen MR) is 90.1 cm³/mol. The maximum Gasteiger partial charge on any atom is 0.224 e. The lowest BCUT2D eigenvalue weighted by atomic mass is 10.2. The Bertz CT molecular complexity index is 559. The molecule has 1 aromatic carbocycles. The van der Waals surface area contributed by atoms with Crippen molar-refractivity contribution in [2.24, 2.45) is 11.7 Å². The Morgan fingerprint density at radius 1 is 1.38 bits per heavy atom. The molecule has 1 heterocycles. The maximum atomic E-state index is 11.5. The minimum Gasteiger partial charge on any atom is -0.356 e. The summed E-state index contributed by atoms with van der Waals surface area (Å²) in [5, 5.41) is 2.89. The first-order valence-electron chi connectivity index (χ1n) is 6.60. The summed E-state index contributed by atoms with van der Waals surface area (Å²) in [6.07, 6.45) is 2.72. The van der Waals surface area contributed by atoms with E-state index < -0.39 is 0 Å². The van der Waals surface area contributed by atoms with E-state index in [9.17, 15) is 4.79 Å². The van der Waals surface area contributed by atoms with Crippen LogP contribution in [0.15, 0.2) is 30.6 Å². The number of nitrogens with one attached hydrogen (secondary N) is 1. The van der Waals surface area contributed by atoms with Crippen LogP contribution in [0.3, 0.4) is 0 Å². The van der Waals surface area contributed by atoms with Crippen molar-refractivity contribution >= 4 is 41.8 Å². The van der Waals surface area contributed by atoms with E-state index in [0.29, 0.717) is 13.1 Å². The van der Waals surface area contributed by atoms with E-state index in [-0.39, 0.29) is 36.6 Å². The summed E-state index contributed by atoms with van der Waals surface area (Å²) >= 11 is 0. The summed E-state index contributed by atoms with van der Waals surface area (Å²) < 4.78 is 2.11. The van der Waals surface area contributed by atoms with Crippen molar-refractivity contribution in [3.8, 4) is 0 Å². The van der Waals surface area contributed by atoms with E-state index in [2.05, 4.69) is 20.9 Å². The lowest BCUT2D eigenvalue weighted by Gasteiger charge is -2.10. The molecule has 0 saturated heterocycles. The highest BCUT2D eigenvalue weighted by atomic mass is 35.5. The third-order valence-electron chi connectivity index (χ3n) is 3.20. The van der Waals surface area contributed by atoms with E-state index in [4.69, 9.17) is 5.73 Å². The average Bonchev–Trinajstić information content (AvgIpc) is 2.86. The quantitative estimate of drug-likeness (QED) is 0.794. The van der Waals surface area contributed by atoms with Crippen molar-refractivity contribution < 1.29 is 4.79 Å². The number of nitrogens with zero attached hydrogens (tertiary/aromatic N) is 2. The van der Waals surface area contributed by atoms with Gasteiger partial charge in [0, 0.05) is 25.6 Å². The molecule has 0 aliphatic carbocycles. The molecule has 3 N–H and O–H groups in total. The van der Waals surface area contributed by atoms with E-state index in [1.54, 1.807) is 0 Å². The molecular formula is C14H22Cl2N4O. The number of hydrogen-bond donors (Lipinski definition) is 2. The molecule has 2 rings (SSSR count). The van der Waals surface area contributed by atoms with Crippen molar-refractivity contribution in [3.63, 3.8) is 0 Å². The lowest BCUT2D eigenvalue weighted by Crippen LogP contribution is -2.34. The van der Waals surface area contributed by atoms with Gasteiger partial charge in [-0.05, 0) is 18.6 Å². The second-order valence-corrected chi connectivity index (χ2v) is 4.71. The predicted octanol–water partition coefficient (Wildman–Crippen LogP) is 1.98. The topological polar surface area (TPSA) is 72.9 Å². The molecule has 0 radical (unpaired) electrons. The number of aromatic nitrogens is 2. The van der Waals surface area contributed by atoms with E-state index in [1.807, 2.05) is 31.5 Å². The first kappa shape index (κ1) is 19.7. The van der Waals surface area contributed by atoms with Crippen LogP contribution < -0.4 is 11.1 Å². The van der Waals surface area contributed by atoms with Gasteiger partial charge in [0.05, 0.1) is 17.4 Å². The molecule has 21 heavy (non-hydrogen) atoms. The van der Waals surface area contributed by atoms with Gasteiger partial charge in [-0.25, -0.2) is 4.98 Å². The molecule has 1 unspecified atom stereocenters. The molecule has 118 valence electrons. The van der Waals surface area contributed by atoms with Crippen molar-refractivity contribution in [3.05, 3.63) is 30.6 Å². The molecule has 1 amide bonds. The first-order chi connectivity index (χ1) is 9.22. The number of nitrogens with two attached hydrogens (primary N) is 1. The van der Waals surface area contributed by atoms with Gasteiger partial charge in [0.2, 0.25) is 5.91 Å². The van der Waals surface area contributed by atoms with Crippen LogP contribution in [0.2, 0.25) is 0 Å². The number of rotatable bonds is 6. The molecule has 0 spiro atoms. The van der Waals surface area contributed by atoms with Crippen molar-refractivity contribution in [2.45, 2.75) is 19.9 Å². The van der Waals surface area contributed by atoms with Crippen molar-refractivity contribution in [1.82, 2.24) is 14.9 Å². The van der Waals surface area contributed by atoms with Crippen LogP contribution in [0.5, 0.6) is 0 Å². The molecule has 1 aromatic heterocycles. The SMILES string of the molecule is CC(CN)C(=O)NCCCn1cnc2ccccc21.Cl.Cl. The molecule has 5 nitrogen and oxygen atoms in total. The van der Waals surface area contributed by atoms with Crippen molar-refractivity contribution in [1.29, 1.82) is 0 Å². The Hall–Kier alpha value is -1.30. The second kappa shape index (κ2) is 9.60. The third-order valence-corrected chi connectivity index (χ3v) is 3.20. The Kier molecular flexibility index (Phi) is 9.01. The fourth-order valence-electron chi connectivity index (χ4n) is 1.93. The van der Waals surface area contributed by atoms with Gasteiger partial charge in [-0.15, -0.1) is 24.8 Å². The number of amides is 1. The largest absolute Gasteiger partial charge is 0.356 e. The zero-order chi connectivity index (χ0) is 13.7. The molecule has 0 saturated carbocycles. The van der Waals surface area contributed by atoms with Gasteiger partial charge in [-0.3, -0.25) is 4.79 Å². The molecule has 2 aromatic rings. The molecule has 0 bridgehead atoms. The summed E-state index contributed by atoms with van der Waals surface area (Å²) in [7, 11) is 0. The number of halogens is 2. The second-order valence-electron chi connectivity index (χ2n) is 4.71. The number of carbonyl (C=O) groups excluding carboxylic acids is 1. The standard InChI is InChI=1S/C14H20N4O.2ClH/c1-11(9-15)14(19)16-7-4-8-18-10-17-12-5-2-3-6-13(12)18;;/h2-3,5-6,10-11H,4,7-9,15H2,1H3,(H,16,19);2*1H. The lowest BCUT2D eigenvalue weighted by molar-refractivity contribution is -0.124. The summed E-state index contributed by atoms with van der Waals surface area (Å²) in [5.74, 6) is -0.0907. The van der Waals surface area contributed by atoms with Crippen LogP contribution in [0.4, 0.5) is 0 Å². The van der Waals surface area contributed by atoms with Gasteiger partial charge < -0.3 is 15.6 Å². The molecule has 1 atom stereocenters. The third kappa shape index (κ3) is 5.19. The highest BCUT2D eigenvalue weighted by molar-refractivity contribution is 5.85. The Morgan fingerprint density at radius 2 is 2.10 bits per heavy atom. The number of benzene rings is 1. The van der Waals surface area contributed by atoms with Crippen molar-refractivity contribution in [2.75, 3.05) is 13.1 Å². The monoisotopic (exact) mass is 332 g/mol. The highest BCUT2D eigenvalue weighted by Crippen LogP contribution is 2.11. The van der Waals surface area contributed by atoms with Crippen LogP contribution in [0.1, 0.15) is 13.3 Å². The Labute approximate surface area is 137 Å². The van der Waals surface area contributed by atoms with Crippen LogP contribution in [0.25, 0.3) is 11.0 Å². The molecule has 0 aliphatic rings. The number of aryl methyl sites for hydroxylation is 1. The zero-order valence-corrected chi connectivity index (χ0v) is 13.6. The smallest absolute Gasteiger partial charge is 0.224 e. The van der Waals surface area contributed by atoms with Crippen LogP contribution in [-0.4, -0.2) is 28.5 Å². The Balaban J connectivity index is 0.00000200. The first-order valence-corrected chi connectivity index (χ1v) is 6.60. The molecule has 7 heteroatoms. The van der Waals surface area contributed by atoms with Gasteiger partial charge in [-0.1, -0.05) is 19.1 Å². The minimum absolute atomic E-state index is 0. The zero-order valence-electron chi connectivity index (χ0n) is 12.0. The van der Waals surface area contributed by atoms with Gasteiger partial charge in [0.1, 0.15) is 0 Å². The van der Waals surface area contributed by atoms with Crippen LogP contribution in [0, 0.1) is 5.92 Å². The van der Waals surface area contributed by atoms with Gasteiger partial charge in [0.15, 0.2) is 0 Å². The molecule has 0 aliphatic heterocycles. The summed E-state index contributed by atoms with van der Waals surface area (Å²) in [4.78, 5) is 15.9. The highest BCUT2D eigenvalue weighted by Gasteiger charge is 2.09. The van der Waals surface area contributed by atoms with E-state index in [1.165, 1.54) is 0 Å². The number of imidazole rings is 1. The number of fused-ring (bicyclic) bond motifs is 1. The number of carbonyl (C=O) groups is 1. The number of hydrogen-bond acceptors (Lipinski definition) is 3. The normalized spacial score (nSPS) is 11.3. The molecule has 0 fully saturated rings. The van der Waals surface area contributed by atoms with Gasteiger partial charge in [-0.2, -0.15) is 0 Å². The molecular weight excluding hydrogens is 311 g/mol. The summed E-state index contributed by atoms with van der Waals surface area (Å²) in [6, 6.07) is 8.03. The van der Waals surface area contributed by atoms with Gasteiger partial charge in [0.25, 0.3) is 0 Å². The summed E-state index contributed by atoms with van der Waals surface area (Å²) in [6.45, 7) is 3.73. The van der Waals surface area contributed by atoms with E-state index >= 15 is 0 Å².